The summed E-state index contributed by atoms with van der Waals surface area (Å²) < 4.78 is 33.1. The van der Waals surface area contributed by atoms with E-state index in [0.717, 1.165) is 22.9 Å². The first kappa shape index (κ1) is 33.8. The summed E-state index contributed by atoms with van der Waals surface area (Å²) in [4.78, 5) is 17.4. The number of ether oxygens (including phenoxy) is 1. The summed E-state index contributed by atoms with van der Waals surface area (Å²) in [5, 5.41) is 6.00. The van der Waals surface area contributed by atoms with Crippen molar-refractivity contribution in [3.63, 3.8) is 0 Å². The van der Waals surface area contributed by atoms with E-state index in [0.29, 0.717) is 28.2 Å². The van der Waals surface area contributed by atoms with Crippen molar-refractivity contribution < 1.29 is 19.7 Å². The SMILES string of the molecule is C/C=C\C(NC)c1cccc(-c2cc(Oc3cccc(C(=O)NCc4cc(F)cc(F)c4)c3C)ccn2)c1.CC.CC.[HH]. The number of amides is 1. The number of benzene rings is 3. The molecule has 1 unspecified atom stereocenters. The highest BCUT2D eigenvalue weighted by Crippen LogP contribution is 2.30. The second kappa shape index (κ2) is 17.5. The molecular weight excluding hydrogens is 532 g/mol. The lowest BCUT2D eigenvalue weighted by molar-refractivity contribution is 0.0949. The first-order valence-corrected chi connectivity index (χ1v) is 14.2. The Bertz CT molecular complexity index is 1460. The molecule has 0 aliphatic heterocycles. The van der Waals surface area contributed by atoms with E-state index in [1.165, 1.54) is 12.1 Å². The number of nitrogens with one attached hydrogen (secondary N) is 2. The molecule has 0 bridgehead atoms. The van der Waals surface area contributed by atoms with E-state index >= 15 is 0 Å². The number of likely N-dealkylation sites (N-methyl/N-ethyl adjacent to an activating group) is 1. The fourth-order valence-corrected chi connectivity index (χ4v) is 4.18. The highest BCUT2D eigenvalue weighted by molar-refractivity contribution is 5.96. The maximum absolute atomic E-state index is 13.5. The number of halogens is 2. The molecule has 7 heteroatoms. The van der Waals surface area contributed by atoms with Gasteiger partial charge in [-0.05, 0) is 68.4 Å². The topological polar surface area (TPSA) is 63.2 Å². The Morgan fingerprint density at radius 3 is 2.33 bits per heavy atom. The summed E-state index contributed by atoms with van der Waals surface area (Å²) in [7, 11) is 1.92. The molecule has 5 nitrogen and oxygen atoms in total. The van der Waals surface area contributed by atoms with Crippen LogP contribution in [0.4, 0.5) is 8.78 Å². The zero-order valence-electron chi connectivity index (χ0n) is 25.5. The Kier molecular flexibility index (Phi) is 14.1. The van der Waals surface area contributed by atoms with Crippen LogP contribution in [0.5, 0.6) is 11.5 Å². The summed E-state index contributed by atoms with van der Waals surface area (Å²) >= 11 is 0. The largest absolute Gasteiger partial charge is 0.457 e. The summed E-state index contributed by atoms with van der Waals surface area (Å²) in [6, 6.07) is 20.2. The lowest BCUT2D eigenvalue weighted by Crippen LogP contribution is -2.23. The van der Waals surface area contributed by atoms with Gasteiger partial charge in [-0.1, -0.05) is 64.1 Å². The maximum Gasteiger partial charge on any atom is 0.251 e. The Hall–Kier alpha value is -4.36. The molecule has 0 fully saturated rings. The van der Waals surface area contributed by atoms with Crippen molar-refractivity contribution in [2.24, 2.45) is 0 Å². The molecule has 0 aliphatic rings. The van der Waals surface area contributed by atoms with Crippen LogP contribution in [0.15, 0.2) is 91.1 Å². The van der Waals surface area contributed by atoms with E-state index in [1.807, 2.05) is 65.9 Å². The lowest BCUT2D eigenvalue weighted by Gasteiger charge is -2.15. The Morgan fingerprint density at radius 1 is 0.976 bits per heavy atom. The van der Waals surface area contributed by atoms with Crippen molar-refractivity contribution in [3.05, 3.63) is 125 Å². The fraction of sp³-hybridized carbons (Fsp3) is 0.257. The molecule has 0 aliphatic carbocycles. The molecule has 0 saturated carbocycles. The molecule has 1 aromatic heterocycles. The van der Waals surface area contributed by atoms with Gasteiger partial charge in [0.2, 0.25) is 0 Å². The minimum atomic E-state index is -0.691. The fourth-order valence-electron chi connectivity index (χ4n) is 4.18. The minimum absolute atomic E-state index is 0. The van der Waals surface area contributed by atoms with Gasteiger partial charge >= 0.3 is 0 Å². The van der Waals surface area contributed by atoms with Crippen LogP contribution < -0.4 is 15.4 Å². The van der Waals surface area contributed by atoms with Crippen LogP contribution in [0.25, 0.3) is 11.3 Å². The van der Waals surface area contributed by atoms with Gasteiger partial charge in [-0.3, -0.25) is 9.78 Å². The maximum atomic E-state index is 13.5. The standard InChI is InChI=1S/C31H29F2N3O2.2C2H6.H2/c1-4-7-28(34-3)22-8-5-9-23(16-22)29-18-26(12-13-35-29)38-30-11-6-10-27(20(30)2)31(37)36-19-21-14-24(32)17-25(33)15-21;2*1-2;/h4-18,28,34H,19H2,1-3H3,(H,36,37);2*1-2H3;1H/b7-4-;;;. The van der Waals surface area contributed by atoms with Crippen molar-refractivity contribution in [1.29, 1.82) is 0 Å². The van der Waals surface area contributed by atoms with Gasteiger partial charge in [0.25, 0.3) is 5.91 Å². The predicted octanol–water partition coefficient (Wildman–Crippen LogP) is 9.19. The van der Waals surface area contributed by atoms with E-state index in [-0.39, 0.29) is 19.9 Å². The van der Waals surface area contributed by atoms with Gasteiger partial charge < -0.3 is 15.4 Å². The zero-order chi connectivity index (χ0) is 31.1. The molecule has 4 rings (SSSR count). The van der Waals surface area contributed by atoms with Crippen LogP contribution in [0.3, 0.4) is 0 Å². The molecule has 4 aromatic rings. The molecule has 3 aromatic carbocycles. The Balaban J connectivity index is 0.00000177. The second-order valence-electron chi connectivity index (χ2n) is 8.79. The van der Waals surface area contributed by atoms with Gasteiger partial charge in [0.05, 0.1) is 11.7 Å². The molecule has 0 radical (unpaired) electrons. The van der Waals surface area contributed by atoms with E-state index in [1.54, 1.807) is 37.4 Å². The van der Waals surface area contributed by atoms with Gasteiger partial charge in [-0.2, -0.15) is 0 Å². The molecule has 1 amide bonds. The Morgan fingerprint density at radius 2 is 1.67 bits per heavy atom. The third-order valence-corrected chi connectivity index (χ3v) is 6.10. The van der Waals surface area contributed by atoms with Crippen LogP contribution in [0.1, 0.15) is 69.1 Å². The second-order valence-corrected chi connectivity index (χ2v) is 8.79. The monoisotopic (exact) mass is 575 g/mol. The van der Waals surface area contributed by atoms with E-state index in [9.17, 15) is 13.6 Å². The third-order valence-electron chi connectivity index (χ3n) is 6.10. The number of rotatable bonds is 9. The highest BCUT2D eigenvalue weighted by Gasteiger charge is 2.14. The third kappa shape index (κ3) is 9.35. The van der Waals surface area contributed by atoms with Gasteiger partial charge in [-0.15, -0.1) is 0 Å². The molecular formula is C35H43F2N3O2. The van der Waals surface area contributed by atoms with Crippen LogP contribution in [-0.4, -0.2) is 17.9 Å². The van der Waals surface area contributed by atoms with Gasteiger partial charge in [0.15, 0.2) is 0 Å². The smallest absolute Gasteiger partial charge is 0.251 e. The molecule has 1 atom stereocenters. The number of aromatic nitrogens is 1. The number of allylic oxidation sites excluding steroid dienone is 1. The number of hydrogen-bond acceptors (Lipinski definition) is 4. The minimum Gasteiger partial charge on any atom is -0.457 e. The normalized spacial score (nSPS) is 11.1. The predicted molar refractivity (Wildman–Crippen MR) is 170 cm³/mol. The van der Waals surface area contributed by atoms with E-state index in [4.69, 9.17) is 4.74 Å². The van der Waals surface area contributed by atoms with Crippen LogP contribution >= 0.6 is 0 Å². The van der Waals surface area contributed by atoms with Crippen molar-refractivity contribution in [2.75, 3.05) is 7.05 Å². The van der Waals surface area contributed by atoms with Crippen LogP contribution in [0.2, 0.25) is 0 Å². The molecule has 0 spiro atoms. The average Bonchev–Trinajstić information content (AvgIpc) is 3.01. The molecule has 1 heterocycles. The quantitative estimate of drug-likeness (QED) is 0.195. The van der Waals surface area contributed by atoms with Gasteiger partial charge in [-0.25, -0.2) is 8.78 Å². The molecule has 2 N–H and O–H groups in total. The zero-order valence-corrected chi connectivity index (χ0v) is 25.5. The Labute approximate surface area is 250 Å². The number of carbonyl (C=O) groups excluding carboxylic acids is 1. The average molecular weight is 576 g/mol. The first-order valence-electron chi connectivity index (χ1n) is 14.2. The number of carbonyl (C=O) groups is 1. The number of nitrogens with zero attached hydrogens (tertiary/aromatic N) is 1. The number of hydrogen-bond donors (Lipinski definition) is 2. The van der Waals surface area contributed by atoms with E-state index in [2.05, 4.69) is 33.8 Å². The van der Waals surface area contributed by atoms with Gasteiger partial charge in [0, 0.05) is 43.0 Å². The summed E-state index contributed by atoms with van der Waals surface area (Å²) in [5.74, 6) is -0.656. The van der Waals surface area contributed by atoms with Crippen molar-refractivity contribution in [1.82, 2.24) is 15.6 Å². The first-order chi connectivity index (χ1) is 20.4. The summed E-state index contributed by atoms with van der Waals surface area (Å²) in [6.45, 7) is 11.8. The van der Waals surface area contributed by atoms with Gasteiger partial charge in [0.1, 0.15) is 23.1 Å². The molecule has 224 valence electrons. The molecule has 42 heavy (non-hydrogen) atoms. The molecule has 0 saturated heterocycles. The van der Waals surface area contributed by atoms with Crippen LogP contribution in [0, 0.1) is 18.6 Å². The van der Waals surface area contributed by atoms with Crippen molar-refractivity contribution in [2.45, 2.75) is 54.1 Å². The van der Waals surface area contributed by atoms with Crippen LogP contribution in [-0.2, 0) is 6.54 Å². The summed E-state index contributed by atoms with van der Waals surface area (Å²) in [5.41, 5.74) is 4.21. The lowest BCUT2D eigenvalue weighted by atomic mass is 10.0. The van der Waals surface area contributed by atoms with E-state index < -0.39 is 11.6 Å². The summed E-state index contributed by atoms with van der Waals surface area (Å²) in [6.07, 6.45) is 5.79. The highest BCUT2D eigenvalue weighted by atomic mass is 19.1. The number of pyridine rings is 1. The van der Waals surface area contributed by atoms with Crippen molar-refractivity contribution in [3.8, 4) is 22.8 Å². The van der Waals surface area contributed by atoms with Crippen molar-refractivity contribution >= 4 is 5.91 Å².